The van der Waals surface area contributed by atoms with Gasteiger partial charge in [-0.3, -0.25) is 4.79 Å². The molecular formula is C24H20FNO3S. The van der Waals surface area contributed by atoms with Crippen molar-refractivity contribution in [2.75, 3.05) is 17.7 Å². The molecule has 0 fully saturated rings. The number of nitrogens with zero attached hydrogens (tertiary/aromatic N) is 1. The van der Waals surface area contributed by atoms with Gasteiger partial charge in [0.15, 0.2) is 9.84 Å². The maximum Gasteiger partial charge on any atom is 0.259 e. The van der Waals surface area contributed by atoms with Crippen molar-refractivity contribution in [2.24, 2.45) is 0 Å². The maximum atomic E-state index is 13.4. The van der Waals surface area contributed by atoms with Crippen LogP contribution in [0.3, 0.4) is 0 Å². The molecule has 3 aromatic carbocycles. The summed E-state index contributed by atoms with van der Waals surface area (Å²) in [6.07, 6.45) is 1.16. The van der Waals surface area contributed by atoms with Crippen LogP contribution in [0.25, 0.3) is 11.1 Å². The molecule has 0 radical (unpaired) electrons. The molecule has 30 heavy (non-hydrogen) atoms. The Morgan fingerprint density at radius 2 is 1.40 bits per heavy atom. The van der Waals surface area contributed by atoms with Crippen LogP contribution in [0.2, 0.25) is 0 Å². The number of carbonyl (C=O) groups excluding carboxylic acids is 1. The number of hydrogen-bond donors (Lipinski definition) is 0. The second-order valence-corrected chi connectivity index (χ2v) is 9.40. The lowest BCUT2D eigenvalue weighted by Crippen LogP contribution is -2.26. The van der Waals surface area contributed by atoms with Crippen molar-refractivity contribution in [1.82, 2.24) is 0 Å². The summed E-state index contributed by atoms with van der Waals surface area (Å²) in [5.74, 6) is -0.540. The number of anilines is 1. The van der Waals surface area contributed by atoms with Crippen LogP contribution in [0.15, 0.2) is 77.7 Å². The van der Waals surface area contributed by atoms with Gasteiger partial charge < -0.3 is 4.90 Å². The minimum Gasteiger partial charge on any atom is -0.304 e. The smallest absolute Gasteiger partial charge is 0.259 e. The van der Waals surface area contributed by atoms with E-state index >= 15 is 0 Å². The van der Waals surface area contributed by atoms with Crippen molar-refractivity contribution >= 4 is 32.6 Å². The van der Waals surface area contributed by atoms with E-state index in [9.17, 15) is 17.6 Å². The first-order valence-electron chi connectivity index (χ1n) is 9.42. The van der Waals surface area contributed by atoms with Crippen LogP contribution < -0.4 is 4.90 Å². The second-order valence-electron chi connectivity index (χ2n) is 7.38. The van der Waals surface area contributed by atoms with E-state index in [1.54, 1.807) is 41.3 Å². The topological polar surface area (TPSA) is 54.5 Å². The predicted octanol–water partition coefficient (Wildman–Crippen LogP) is 4.50. The third kappa shape index (κ3) is 3.78. The normalized spacial score (nSPS) is 14.5. The zero-order chi connectivity index (χ0) is 21.5. The molecule has 1 aliphatic heterocycles. The van der Waals surface area contributed by atoms with E-state index in [1.165, 1.54) is 12.1 Å². The van der Waals surface area contributed by atoms with Crippen molar-refractivity contribution in [2.45, 2.75) is 11.8 Å². The summed E-state index contributed by atoms with van der Waals surface area (Å²) in [6, 6.07) is 20.1. The van der Waals surface area contributed by atoms with Gasteiger partial charge in [-0.15, -0.1) is 0 Å². The molecule has 152 valence electrons. The Labute approximate surface area is 175 Å². The summed E-state index contributed by atoms with van der Waals surface area (Å²) in [5, 5.41) is 0. The van der Waals surface area contributed by atoms with E-state index in [0.29, 0.717) is 17.8 Å². The zero-order valence-corrected chi connectivity index (χ0v) is 17.4. The van der Waals surface area contributed by atoms with E-state index in [1.807, 2.05) is 31.2 Å². The highest BCUT2D eigenvalue weighted by Crippen LogP contribution is 2.37. The van der Waals surface area contributed by atoms with Crippen molar-refractivity contribution in [1.29, 1.82) is 0 Å². The SMILES string of the molecule is Cc1ccc(C2=C(c3ccc(S(C)(=O)=O)cc3)CN(c3ccc(F)cc3)C2=O)cc1. The lowest BCUT2D eigenvalue weighted by Gasteiger charge is -2.17. The Kier molecular flexibility index (Phi) is 5.03. The first-order chi connectivity index (χ1) is 14.2. The molecule has 0 unspecified atom stereocenters. The third-order valence-electron chi connectivity index (χ3n) is 5.19. The van der Waals surface area contributed by atoms with Gasteiger partial charge in [-0.05, 0) is 60.0 Å². The van der Waals surface area contributed by atoms with E-state index in [4.69, 9.17) is 0 Å². The maximum absolute atomic E-state index is 13.4. The number of halogens is 1. The Morgan fingerprint density at radius 3 is 1.97 bits per heavy atom. The highest BCUT2D eigenvalue weighted by atomic mass is 32.2. The summed E-state index contributed by atoms with van der Waals surface area (Å²) in [4.78, 5) is 15.2. The molecule has 0 bridgehead atoms. The summed E-state index contributed by atoms with van der Waals surface area (Å²) >= 11 is 0. The van der Waals surface area contributed by atoms with Gasteiger partial charge in [0.2, 0.25) is 0 Å². The van der Waals surface area contributed by atoms with Gasteiger partial charge in [0.25, 0.3) is 5.91 Å². The van der Waals surface area contributed by atoms with E-state index in [0.717, 1.165) is 28.5 Å². The average molecular weight is 421 g/mol. The monoisotopic (exact) mass is 421 g/mol. The molecule has 1 heterocycles. The molecule has 0 saturated heterocycles. The van der Waals surface area contributed by atoms with Crippen molar-refractivity contribution in [3.8, 4) is 0 Å². The van der Waals surface area contributed by atoms with Crippen LogP contribution in [0.5, 0.6) is 0 Å². The number of aryl methyl sites for hydroxylation is 1. The first kappa shape index (κ1) is 20.0. The summed E-state index contributed by atoms with van der Waals surface area (Å²) in [6.45, 7) is 2.29. The van der Waals surface area contributed by atoms with Crippen molar-refractivity contribution in [3.05, 3.63) is 95.3 Å². The van der Waals surface area contributed by atoms with Crippen LogP contribution >= 0.6 is 0 Å². The van der Waals surface area contributed by atoms with Gasteiger partial charge in [0.05, 0.1) is 17.0 Å². The molecule has 0 aromatic heterocycles. The largest absolute Gasteiger partial charge is 0.304 e. The molecule has 3 aromatic rings. The van der Waals surface area contributed by atoms with Gasteiger partial charge >= 0.3 is 0 Å². The van der Waals surface area contributed by atoms with E-state index in [2.05, 4.69) is 0 Å². The number of hydrogen-bond acceptors (Lipinski definition) is 3. The number of amides is 1. The molecule has 0 aliphatic carbocycles. The predicted molar refractivity (Wildman–Crippen MR) is 116 cm³/mol. The van der Waals surface area contributed by atoms with Gasteiger partial charge in [-0.25, -0.2) is 12.8 Å². The molecular weight excluding hydrogens is 401 g/mol. The average Bonchev–Trinajstić information content (AvgIpc) is 3.06. The number of carbonyl (C=O) groups is 1. The lowest BCUT2D eigenvalue weighted by molar-refractivity contribution is -0.112. The van der Waals surface area contributed by atoms with Crippen LogP contribution in [-0.2, 0) is 14.6 Å². The van der Waals surface area contributed by atoms with Crippen LogP contribution in [-0.4, -0.2) is 27.1 Å². The molecule has 0 spiro atoms. The number of rotatable bonds is 4. The molecule has 0 saturated carbocycles. The molecule has 0 atom stereocenters. The lowest BCUT2D eigenvalue weighted by atomic mass is 9.96. The molecule has 4 rings (SSSR count). The van der Waals surface area contributed by atoms with Gasteiger partial charge in [-0.1, -0.05) is 42.0 Å². The van der Waals surface area contributed by atoms with Crippen LogP contribution in [0.1, 0.15) is 16.7 Å². The Morgan fingerprint density at radius 1 is 0.833 bits per heavy atom. The minimum absolute atomic E-state index is 0.173. The van der Waals surface area contributed by atoms with E-state index < -0.39 is 9.84 Å². The zero-order valence-electron chi connectivity index (χ0n) is 16.6. The van der Waals surface area contributed by atoms with Crippen LogP contribution in [0, 0.1) is 12.7 Å². The second kappa shape index (κ2) is 7.54. The van der Waals surface area contributed by atoms with Gasteiger partial charge in [-0.2, -0.15) is 0 Å². The molecule has 1 aliphatic rings. The molecule has 6 heteroatoms. The Bertz CT molecular complexity index is 1240. The summed E-state index contributed by atoms with van der Waals surface area (Å²) < 4.78 is 37.0. The fourth-order valence-electron chi connectivity index (χ4n) is 3.56. The number of benzene rings is 3. The highest BCUT2D eigenvalue weighted by Gasteiger charge is 2.33. The van der Waals surface area contributed by atoms with Gasteiger partial charge in [0.1, 0.15) is 5.82 Å². The van der Waals surface area contributed by atoms with Crippen molar-refractivity contribution < 1.29 is 17.6 Å². The third-order valence-corrected chi connectivity index (χ3v) is 6.31. The standard InChI is InChI=1S/C24H20FNO3S/c1-16-3-5-18(6-4-16)23-22(17-7-13-21(14-8-17)30(2,28)29)15-26(24(23)27)20-11-9-19(25)10-12-20/h3-14H,15H2,1-2H3. The molecule has 0 N–H and O–H groups in total. The quantitative estimate of drug-likeness (QED) is 0.624. The van der Waals surface area contributed by atoms with Gasteiger partial charge in [0, 0.05) is 11.9 Å². The molecule has 4 nitrogen and oxygen atoms in total. The molecule has 1 amide bonds. The Hall–Kier alpha value is -3.25. The summed E-state index contributed by atoms with van der Waals surface area (Å²) in [7, 11) is -3.31. The van der Waals surface area contributed by atoms with E-state index in [-0.39, 0.29) is 16.6 Å². The fraction of sp³-hybridized carbons (Fsp3) is 0.125. The Balaban J connectivity index is 1.82. The minimum atomic E-state index is -3.31. The van der Waals surface area contributed by atoms with Crippen LogP contribution in [0.4, 0.5) is 10.1 Å². The van der Waals surface area contributed by atoms with Crippen molar-refractivity contribution in [3.63, 3.8) is 0 Å². The highest BCUT2D eigenvalue weighted by molar-refractivity contribution is 7.90. The fourth-order valence-corrected chi connectivity index (χ4v) is 4.19. The number of sulfone groups is 1. The first-order valence-corrected chi connectivity index (χ1v) is 11.3. The summed E-state index contributed by atoms with van der Waals surface area (Å²) in [5.41, 5.74) is 4.61.